The van der Waals surface area contributed by atoms with Crippen LogP contribution in [0.2, 0.25) is 0 Å². The molecular weight excluding hydrogens is 478 g/mol. The number of benzene rings is 2. The van der Waals surface area contributed by atoms with Crippen molar-refractivity contribution in [3.05, 3.63) is 65.7 Å². The number of aliphatic carboxylic acids is 1. The maximum absolute atomic E-state index is 13.4. The molecule has 0 fully saturated rings. The Labute approximate surface area is 213 Å². The van der Waals surface area contributed by atoms with Crippen LogP contribution in [-0.2, 0) is 21.4 Å². The topological polar surface area (TPSA) is 135 Å². The SMILES string of the molecule is Cc1ccc(S(=O)(=O)N(CC(C)C)[C@@H](CCCCNC(=NCc2ccccc2)NC#N)C(=O)O)cc1. The predicted octanol–water partition coefficient (Wildman–Crippen LogP) is 3.48. The Morgan fingerprint density at radius 3 is 2.36 bits per heavy atom. The Bertz CT molecular complexity index is 1140. The minimum atomic E-state index is -3.98. The number of rotatable bonds is 13. The zero-order valence-electron chi connectivity index (χ0n) is 21.0. The number of nitrogens with zero attached hydrogens (tertiary/aromatic N) is 3. The number of hydrogen-bond acceptors (Lipinski definition) is 5. The van der Waals surface area contributed by atoms with Crippen LogP contribution in [0, 0.1) is 24.3 Å². The number of nitriles is 1. The average molecular weight is 514 g/mol. The van der Waals surface area contributed by atoms with E-state index in [1.807, 2.05) is 57.3 Å². The van der Waals surface area contributed by atoms with Crippen molar-refractivity contribution < 1.29 is 18.3 Å². The lowest BCUT2D eigenvalue weighted by molar-refractivity contribution is -0.141. The van der Waals surface area contributed by atoms with Crippen LogP contribution in [-0.4, -0.2) is 48.9 Å². The van der Waals surface area contributed by atoms with E-state index in [0.29, 0.717) is 31.9 Å². The van der Waals surface area contributed by atoms with Crippen LogP contribution in [0.3, 0.4) is 0 Å². The van der Waals surface area contributed by atoms with E-state index in [4.69, 9.17) is 5.26 Å². The molecule has 0 bridgehead atoms. The van der Waals surface area contributed by atoms with Gasteiger partial charge in [-0.1, -0.05) is 61.9 Å². The summed E-state index contributed by atoms with van der Waals surface area (Å²) in [6.45, 7) is 6.54. The van der Waals surface area contributed by atoms with Crippen LogP contribution in [0.4, 0.5) is 0 Å². The van der Waals surface area contributed by atoms with Gasteiger partial charge in [-0.3, -0.25) is 10.1 Å². The molecule has 0 spiro atoms. The second-order valence-corrected chi connectivity index (χ2v) is 10.8. The van der Waals surface area contributed by atoms with Gasteiger partial charge in [0.25, 0.3) is 0 Å². The van der Waals surface area contributed by atoms with Gasteiger partial charge < -0.3 is 10.4 Å². The smallest absolute Gasteiger partial charge is 0.322 e. The minimum Gasteiger partial charge on any atom is -0.480 e. The summed E-state index contributed by atoms with van der Waals surface area (Å²) in [6.07, 6.45) is 3.06. The lowest BCUT2D eigenvalue weighted by atomic mass is 10.1. The summed E-state index contributed by atoms with van der Waals surface area (Å²) in [5, 5.41) is 24.5. The Hall–Kier alpha value is -3.42. The molecule has 2 aromatic rings. The molecular formula is C26H35N5O4S. The van der Waals surface area contributed by atoms with E-state index in [9.17, 15) is 18.3 Å². The molecule has 194 valence electrons. The number of guanidine groups is 1. The Morgan fingerprint density at radius 2 is 1.78 bits per heavy atom. The highest BCUT2D eigenvalue weighted by molar-refractivity contribution is 7.89. The Balaban J connectivity index is 2.02. The summed E-state index contributed by atoms with van der Waals surface area (Å²) < 4.78 is 27.8. The van der Waals surface area contributed by atoms with Gasteiger partial charge in [-0.25, -0.2) is 13.4 Å². The number of carboxylic acid groups (broad SMARTS) is 1. The predicted molar refractivity (Wildman–Crippen MR) is 140 cm³/mol. The third-order valence-corrected chi connectivity index (χ3v) is 7.33. The largest absolute Gasteiger partial charge is 0.480 e. The molecule has 10 heteroatoms. The molecule has 0 unspecified atom stereocenters. The van der Waals surface area contributed by atoms with Gasteiger partial charge in [0, 0.05) is 13.1 Å². The lowest BCUT2D eigenvalue weighted by Gasteiger charge is -2.29. The highest BCUT2D eigenvalue weighted by Crippen LogP contribution is 2.23. The zero-order chi connectivity index (χ0) is 26.6. The van der Waals surface area contributed by atoms with Gasteiger partial charge in [0.2, 0.25) is 16.0 Å². The molecule has 0 saturated heterocycles. The number of hydrogen-bond donors (Lipinski definition) is 3. The number of aliphatic imine (C=N–C) groups is 1. The summed E-state index contributed by atoms with van der Waals surface area (Å²) in [4.78, 5) is 16.6. The Morgan fingerprint density at radius 1 is 1.11 bits per heavy atom. The second-order valence-electron chi connectivity index (χ2n) is 8.95. The number of carbonyl (C=O) groups is 1. The summed E-state index contributed by atoms with van der Waals surface area (Å²) in [5.41, 5.74) is 1.92. The first kappa shape index (κ1) is 28.8. The molecule has 0 heterocycles. The number of sulfonamides is 1. The van der Waals surface area contributed by atoms with Crippen molar-refractivity contribution in [3.63, 3.8) is 0 Å². The van der Waals surface area contributed by atoms with Crippen LogP contribution in [0.1, 0.15) is 44.2 Å². The van der Waals surface area contributed by atoms with Gasteiger partial charge in [-0.05, 0) is 49.8 Å². The van der Waals surface area contributed by atoms with Crippen molar-refractivity contribution in [1.29, 1.82) is 5.26 Å². The first-order valence-corrected chi connectivity index (χ1v) is 13.4. The monoisotopic (exact) mass is 513 g/mol. The van der Waals surface area contributed by atoms with E-state index >= 15 is 0 Å². The number of unbranched alkanes of at least 4 members (excludes halogenated alkanes) is 1. The number of nitrogens with one attached hydrogen (secondary N) is 2. The van der Waals surface area contributed by atoms with Gasteiger partial charge in [0.1, 0.15) is 6.04 Å². The van der Waals surface area contributed by atoms with Gasteiger partial charge in [0.15, 0.2) is 6.19 Å². The van der Waals surface area contributed by atoms with Crippen LogP contribution in [0.15, 0.2) is 64.5 Å². The molecule has 9 nitrogen and oxygen atoms in total. The molecule has 0 aliphatic heterocycles. The highest BCUT2D eigenvalue weighted by Gasteiger charge is 2.35. The molecule has 0 saturated carbocycles. The molecule has 0 amide bonds. The summed E-state index contributed by atoms with van der Waals surface area (Å²) in [6, 6.07) is 14.9. The molecule has 0 aliphatic carbocycles. The third kappa shape index (κ3) is 8.98. The molecule has 0 radical (unpaired) electrons. The molecule has 3 N–H and O–H groups in total. The van der Waals surface area contributed by atoms with Crippen molar-refractivity contribution in [3.8, 4) is 6.19 Å². The third-order valence-electron chi connectivity index (χ3n) is 5.44. The van der Waals surface area contributed by atoms with Gasteiger partial charge in [-0.15, -0.1) is 0 Å². The van der Waals surface area contributed by atoms with Crippen molar-refractivity contribution >= 4 is 22.0 Å². The second kappa shape index (κ2) is 14.2. The van der Waals surface area contributed by atoms with Crippen LogP contribution in [0.25, 0.3) is 0 Å². The average Bonchev–Trinajstić information content (AvgIpc) is 2.84. The Kier molecular flexibility index (Phi) is 11.4. The van der Waals surface area contributed by atoms with E-state index in [1.54, 1.807) is 12.1 Å². The maximum atomic E-state index is 13.4. The molecule has 0 aromatic heterocycles. The first-order valence-electron chi connectivity index (χ1n) is 11.9. The van der Waals surface area contributed by atoms with Crippen LogP contribution < -0.4 is 10.6 Å². The van der Waals surface area contributed by atoms with Crippen LogP contribution >= 0.6 is 0 Å². The fourth-order valence-corrected chi connectivity index (χ4v) is 5.38. The minimum absolute atomic E-state index is 0.0471. The molecule has 0 aliphatic rings. The molecule has 36 heavy (non-hydrogen) atoms. The fourth-order valence-electron chi connectivity index (χ4n) is 3.60. The van der Waals surface area contributed by atoms with Gasteiger partial charge in [-0.2, -0.15) is 9.57 Å². The van der Waals surface area contributed by atoms with Gasteiger partial charge in [0.05, 0.1) is 11.4 Å². The molecule has 2 aromatic carbocycles. The molecule has 1 atom stereocenters. The van der Waals surface area contributed by atoms with Crippen LogP contribution in [0.5, 0.6) is 0 Å². The van der Waals surface area contributed by atoms with E-state index in [-0.39, 0.29) is 23.8 Å². The fraction of sp³-hybridized carbons (Fsp3) is 0.423. The quantitative estimate of drug-likeness (QED) is 0.123. The van der Waals surface area contributed by atoms with Crippen molar-refractivity contribution in [1.82, 2.24) is 14.9 Å². The van der Waals surface area contributed by atoms with E-state index in [1.165, 1.54) is 12.1 Å². The normalized spacial score (nSPS) is 12.8. The van der Waals surface area contributed by atoms with Crippen molar-refractivity contribution in [2.75, 3.05) is 13.1 Å². The summed E-state index contributed by atoms with van der Waals surface area (Å²) in [7, 11) is -3.98. The maximum Gasteiger partial charge on any atom is 0.322 e. The molecule has 2 rings (SSSR count). The summed E-state index contributed by atoms with van der Waals surface area (Å²) >= 11 is 0. The number of aryl methyl sites for hydroxylation is 1. The first-order chi connectivity index (χ1) is 17.1. The standard InChI is InChI=1S/C26H35N5O4S/c1-20(2)18-31(36(34,35)23-14-12-21(3)13-15-23)24(25(32)33)11-7-8-16-28-26(30-19-27)29-17-22-9-5-4-6-10-22/h4-6,9-10,12-15,20,24H,7-8,11,16-18H2,1-3H3,(H,32,33)(H2,28,29,30)/t24-/m0/s1. The van der Waals surface area contributed by atoms with Crippen molar-refractivity contribution in [2.45, 2.75) is 57.5 Å². The van der Waals surface area contributed by atoms with E-state index < -0.39 is 22.0 Å². The van der Waals surface area contributed by atoms with E-state index in [2.05, 4.69) is 15.6 Å². The zero-order valence-corrected chi connectivity index (χ0v) is 21.8. The highest BCUT2D eigenvalue weighted by atomic mass is 32.2. The lowest BCUT2D eigenvalue weighted by Crippen LogP contribution is -2.46. The number of carboxylic acids is 1. The van der Waals surface area contributed by atoms with E-state index in [0.717, 1.165) is 15.4 Å². The summed E-state index contributed by atoms with van der Waals surface area (Å²) in [5.74, 6) is -0.885. The van der Waals surface area contributed by atoms with Crippen molar-refractivity contribution in [2.24, 2.45) is 10.9 Å². The van der Waals surface area contributed by atoms with Gasteiger partial charge >= 0.3 is 5.97 Å².